The average molecular weight is 386 g/mol. The van der Waals surface area contributed by atoms with Crippen LogP contribution >= 0.6 is 0 Å². The van der Waals surface area contributed by atoms with Crippen LogP contribution in [0.5, 0.6) is 5.75 Å². The second kappa shape index (κ2) is 11.0. The molecule has 28 heavy (non-hydrogen) atoms. The summed E-state index contributed by atoms with van der Waals surface area (Å²) >= 11 is 0. The van der Waals surface area contributed by atoms with E-state index in [4.69, 9.17) is 4.74 Å². The van der Waals surface area contributed by atoms with Crippen LogP contribution in [0.25, 0.3) is 0 Å². The monoisotopic (exact) mass is 385 g/mol. The Kier molecular flexibility index (Phi) is 8.42. The van der Waals surface area contributed by atoms with Crippen LogP contribution in [-0.2, 0) is 0 Å². The number of allylic oxidation sites excluding steroid dienone is 1. The number of hydrogen-bond acceptors (Lipinski definition) is 3. The first-order valence-corrected chi connectivity index (χ1v) is 11.5. The Bertz CT molecular complexity index is 587. The molecule has 1 saturated heterocycles. The van der Waals surface area contributed by atoms with Crippen LogP contribution < -0.4 is 10.1 Å². The number of para-hydroxylation sites is 1. The van der Waals surface area contributed by atoms with Gasteiger partial charge in [-0.25, -0.2) is 0 Å². The van der Waals surface area contributed by atoms with Crippen LogP contribution in [0.4, 0.5) is 0 Å². The zero-order valence-corrected chi connectivity index (χ0v) is 17.6. The number of aliphatic hydroxyl groups excluding tert-OH is 1. The van der Waals surface area contributed by atoms with Crippen LogP contribution in [0.2, 0.25) is 0 Å². The number of ether oxygens (including phenoxy) is 1. The van der Waals surface area contributed by atoms with Gasteiger partial charge in [0.05, 0.1) is 6.10 Å². The van der Waals surface area contributed by atoms with E-state index in [-0.39, 0.29) is 11.6 Å². The minimum absolute atomic E-state index is 0.0922. The van der Waals surface area contributed by atoms with Gasteiger partial charge in [-0.05, 0) is 50.7 Å². The van der Waals surface area contributed by atoms with Crippen molar-refractivity contribution in [1.82, 2.24) is 5.32 Å². The molecule has 1 heterocycles. The summed E-state index contributed by atoms with van der Waals surface area (Å²) in [7, 11) is 0. The molecule has 4 atom stereocenters. The second-order valence-corrected chi connectivity index (χ2v) is 8.78. The predicted octanol–water partition coefficient (Wildman–Crippen LogP) is 5.63. The number of rotatable bonds is 10. The van der Waals surface area contributed by atoms with Gasteiger partial charge >= 0.3 is 0 Å². The van der Waals surface area contributed by atoms with Crippen molar-refractivity contribution in [1.29, 1.82) is 0 Å². The SMILES string of the molecule is CCCCCC/C=C/C(O)[C@@H]1CCCC[C@@]12CC[C@H](COc1ccccc1)N2. The Balaban J connectivity index is 1.51. The highest BCUT2D eigenvalue weighted by atomic mass is 16.5. The van der Waals surface area contributed by atoms with Crippen LogP contribution in [0.1, 0.15) is 77.6 Å². The van der Waals surface area contributed by atoms with Crippen LogP contribution in [0.15, 0.2) is 42.5 Å². The average Bonchev–Trinajstić information content (AvgIpc) is 3.13. The summed E-state index contributed by atoms with van der Waals surface area (Å²) in [5.74, 6) is 1.27. The summed E-state index contributed by atoms with van der Waals surface area (Å²) in [4.78, 5) is 0. The Labute approximate surface area is 171 Å². The van der Waals surface area contributed by atoms with E-state index in [1.165, 1.54) is 44.9 Å². The van der Waals surface area contributed by atoms with Gasteiger partial charge < -0.3 is 15.2 Å². The number of nitrogens with one attached hydrogen (secondary N) is 1. The van der Waals surface area contributed by atoms with E-state index in [2.05, 4.69) is 24.4 Å². The highest BCUT2D eigenvalue weighted by Crippen LogP contribution is 2.43. The van der Waals surface area contributed by atoms with E-state index in [1.807, 2.05) is 30.3 Å². The standard InChI is InChI=1S/C25H39NO2/c1-2-3-4-5-6-10-16-24(27)23-15-11-12-18-25(23)19-17-21(26-25)20-28-22-13-8-7-9-14-22/h7-10,13-14,16,21,23-24,26-27H,2-6,11-12,15,17-20H2,1H3/b16-10+/t21-,23+,24?,25-/m1/s1. The maximum atomic E-state index is 10.9. The minimum Gasteiger partial charge on any atom is -0.492 e. The molecule has 1 spiro atoms. The fourth-order valence-electron chi connectivity index (χ4n) is 5.13. The fourth-order valence-corrected chi connectivity index (χ4v) is 5.13. The molecule has 1 aliphatic heterocycles. The van der Waals surface area contributed by atoms with E-state index >= 15 is 0 Å². The lowest BCUT2D eigenvalue weighted by Gasteiger charge is -2.44. The molecule has 156 valence electrons. The molecule has 2 fully saturated rings. The number of aliphatic hydroxyl groups is 1. The highest BCUT2D eigenvalue weighted by Gasteiger charge is 2.47. The lowest BCUT2D eigenvalue weighted by molar-refractivity contribution is 0.0465. The summed E-state index contributed by atoms with van der Waals surface area (Å²) in [6.07, 6.45) is 17.3. The molecular formula is C25H39NO2. The van der Waals surface area contributed by atoms with E-state index in [0.29, 0.717) is 18.6 Å². The van der Waals surface area contributed by atoms with Crippen LogP contribution in [0, 0.1) is 5.92 Å². The molecule has 1 aromatic carbocycles. The van der Waals surface area contributed by atoms with Gasteiger partial charge in [-0.15, -0.1) is 0 Å². The summed E-state index contributed by atoms with van der Waals surface area (Å²) in [5, 5.41) is 14.8. The Morgan fingerprint density at radius 2 is 2.00 bits per heavy atom. The van der Waals surface area contributed by atoms with Crippen molar-refractivity contribution in [3.05, 3.63) is 42.5 Å². The second-order valence-electron chi connectivity index (χ2n) is 8.78. The molecule has 3 heteroatoms. The lowest BCUT2D eigenvalue weighted by atomic mass is 9.69. The van der Waals surface area contributed by atoms with Crippen molar-refractivity contribution < 1.29 is 9.84 Å². The van der Waals surface area contributed by atoms with E-state index < -0.39 is 0 Å². The third kappa shape index (κ3) is 5.84. The van der Waals surface area contributed by atoms with Gasteiger partial charge in [0.15, 0.2) is 0 Å². The maximum absolute atomic E-state index is 10.9. The third-order valence-corrected chi connectivity index (χ3v) is 6.69. The summed E-state index contributed by atoms with van der Waals surface area (Å²) in [6.45, 7) is 2.96. The van der Waals surface area contributed by atoms with E-state index in [9.17, 15) is 5.11 Å². The van der Waals surface area contributed by atoms with Gasteiger partial charge in [-0.2, -0.15) is 0 Å². The number of unbranched alkanes of at least 4 members (excludes halogenated alkanes) is 4. The third-order valence-electron chi connectivity index (χ3n) is 6.69. The quantitative estimate of drug-likeness (QED) is 0.405. The largest absolute Gasteiger partial charge is 0.492 e. The van der Waals surface area contributed by atoms with Gasteiger partial charge in [0.25, 0.3) is 0 Å². The van der Waals surface area contributed by atoms with Crippen molar-refractivity contribution in [2.24, 2.45) is 5.92 Å². The molecule has 0 radical (unpaired) electrons. The molecule has 3 nitrogen and oxygen atoms in total. The van der Waals surface area contributed by atoms with Gasteiger partial charge in [-0.3, -0.25) is 0 Å². The first kappa shape index (κ1) is 21.4. The molecule has 1 aromatic rings. The molecule has 0 bridgehead atoms. The van der Waals surface area contributed by atoms with Gasteiger partial charge in [0.2, 0.25) is 0 Å². The minimum atomic E-state index is -0.326. The van der Waals surface area contributed by atoms with Crippen molar-refractivity contribution in [2.75, 3.05) is 6.61 Å². The Hall–Kier alpha value is -1.32. The first-order valence-electron chi connectivity index (χ1n) is 11.5. The molecule has 0 aromatic heterocycles. The molecular weight excluding hydrogens is 346 g/mol. The summed E-state index contributed by atoms with van der Waals surface area (Å²) < 4.78 is 5.99. The predicted molar refractivity (Wildman–Crippen MR) is 117 cm³/mol. The molecule has 2 aliphatic rings. The Morgan fingerprint density at radius 1 is 1.14 bits per heavy atom. The van der Waals surface area contributed by atoms with Gasteiger partial charge in [0, 0.05) is 17.5 Å². The number of benzene rings is 1. The first-order chi connectivity index (χ1) is 13.7. The van der Waals surface area contributed by atoms with Crippen molar-refractivity contribution in [3.8, 4) is 5.75 Å². The van der Waals surface area contributed by atoms with Crippen molar-refractivity contribution in [3.63, 3.8) is 0 Å². The molecule has 1 unspecified atom stereocenters. The zero-order chi connectivity index (χ0) is 19.7. The molecule has 1 saturated carbocycles. The molecule has 2 N–H and O–H groups in total. The topological polar surface area (TPSA) is 41.5 Å². The van der Waals surface area contributed by atoms with Gasteiger partial charge in [-0.1, -0.05) is 69.4 Å². The smallest absolute Gasteiger partial charge is 0.119 e. The maximum Gasteiger partial charge on any atom is 0.119 e. The van der Waals surface area contributed by atoms with Gasteiger partial charge in [0.1, 0.15) is 12.4 Å². The normalized spacial score (nSPS) is 28.8. The Morgan fingerprint density at radius 3 is 2.82 bits per heavy atom. The van der Waals surface area contributed by atoms with Crippen LogP contribution in [-0.4, -0.2) is 29.4 Å². The van der Waals surface area contributed by atoms with E-state index in [1.54, 1.807) is 0 Å². The lowest BCUT2D eigenvalue weighted by Crippen LogP contribution is -2.55. The number of hydrogen-bond donors (Lipinski definition) is 2. The van der Waals surface area contributed by atoms with Crippen molar-refractivity contribution >= 4 is 0 Å². The van der Waals surface area contributed by atoms with Crippen LogP contribution in [0.3, 0.4) is 0 Å². The van der Waals surface area contributed by atoms with Crippen molar-refractivity contribution in [2.45, 2.75) is 95.2 Å². The zero-order valence-electron chi connectivity index (χ0n) is 17.6. The summed E-state index contributed by atoms with van der Waals surface area (Å²) in [6, 6.07) is 10.5. The fraction of sp³-hybridized carbons (Fsp3) is 0.680. The molecule has 1 aliphatic carbocycles. The molecule has 3 rings (SSSR count). The highest BCUT2D eigenvalue weighted by molar-refractivity contribution is 5.21. The molecule has 0 amide bonds. The van der Waals surface area contributed by atoms with E-state index in [0.717, 1.165) is 31.4 Å². The summed E-state index contributed by atoms with van der Waals surface area (Å²) in [5.41, 5.74) is 0.0922.